The van der Waals surface area contributed by atoms with Crippen molar-refractivity contribution in [3.05, 3.63) is 29.8 Å². The van der Waals surface area contributed by atoms with Gasteiger partial charge in [0.05, 0.1) is 25.2 Å². The van der Waals surface area contributed by atoms with Crippen molar-refractivity contribution in [1.82, 2.24) is 0 Å². The lowest BCUT2D eigenvalue weighted by molar-refractivity contribution is -0.920. The van der Waals surface area contributed by atoms with Gasteiger partial charge >= 0.3 is 0 Å². The Hall–Kier alpha value is -2.21. The number of nitrogens with zero attached hydrogens (tertiary/aromatic N) is 1. The van der Waals surface area contributed by atoms with E-state index >= 15 is 0 Å². The van der Waals surface area contributed by atoms with Crippen molar-refractivity contribution in [2.75, 3.05) is 18.0 Å². The van der Waals surface area contributed by atoms with Crippen molar-refractivity contribution in [1.29, 1.82) is 0 Å². The highest BCUT2D eigenvalue weighted by Gasteiger charge is 2.46. The zero-order chi connectivity index (χ0) is 16.6. The molecule has 0 bridgehead atoms. The van der Waals surface area contributed by atoms with Gasteiger partial charge in [0.2, 0.25) is 11.8 Å². The molecule has 0 spiro atoms. The van der Waals surface area contributed by atoms with Crippen LogP contribution in [0.5, 0.6) is 0 Å². The highest BCUT2D eigenvalue weighted by atomic mass is 16.2. The second-order valence-electron chi connectivity index (χ2n) is 6.49. The Labute approximate surface area is 135 Å². The standard InChI is InChI=1S/C17H21N3O3/c1-11-2-4-13(5-3-11)20-15(21)10-14(17(20)23)19-8-6-12(7-9-19)16(18)22/h2-5,12,14H,6-10H2,1H3,(H2,18,22)/p+1/t14-/m0/s1. The van der Waals surface area contributed by atoms with E-state index in [2.05, 4.69) is 0 Å². The fraction of sp³-hybridized carbons (Fsp3) is 0.471. The van der Waals surface area contributed by atoms with Gasteiger partial charge in [-0.25, -0.2) is 4.90 Å². The predicted octanol–water partition coefficient (Wildman–Crippen LogP) is -0.593. The number of hydrogen-bond acceptors (Lipinski definition) is 3. The Morgan fingerprint density at radius 2 is 1.78 bits per heavy atom. The first-order chi connectivity index (χ1) is 11.0. The second kappa shape index (κ2) is 6.12. The molecular formula is C17H22N3O3+. The number of likely N-dealkylation sites (tertiary alicyclic amines) is 1. The van der Waals surface area contributed by atoms with E-state index in [0.29, 0.717) is 31.6 Å². The number of carbonyl (C=O) groups excluding carboxylic acids is 3. The fourth-order valence-corrected chi connectivity index (χ4v) is 3.54. The van der Waals surface area contributed by atoms with E-state index in [1.54, 1.807) is 0 Å². The zero-order valence-corrected chi connectivity index (χ0v) is 13.2. The van der Waals surface area contributed by atoms with E-state index in [0.717, 1.165) is 10.5 Å². The SMILES string of the molecule is Cc1ccc(N2C(=O)C[C@H]([NH+]3CCC(C(N)=O)CC3)C2=O)cc1. The van der Waals surface area contributed by atoms with Gasteiger partial charge in [-0.15, -0.1) is 0 Å². The second-order valence-corrected chi connectivity index (χ2v) is 6.49. The van der Waals surface area contributed by atoms with Crippen LogP contribution in [0.1, 0.15) is 24.8 Å². The molecule has 3 rings (SSSR count). The molecule has 1 aromatic carbocycles. The first-order valence-corrected chi connectivity index (χ1v) is 8.04. The molecule has 1 aromatic rings. The topological polar surface area (TPSA) is 84.9 Å². The lowest BCUT2D eigenvalue weighted by Crippen LogP contribution is -3.17. The summed E-state index contributed by atoms with van der Waals surface area (Å²) in [6, 6.07) is 7.07. The number of rotatable bonds is 3. The lowest BCUT2D eigenvalue weighted by atomic mass is 9.95. The number of anilines is 1. The quantitative estimate of drug-likeness (QED) is 0.731. The number of aryl methyl sites for hydroxylation is 1. The molecule has 3 N–H and O–H groups in total. The van der Waals surface area contributed by atoms with Crippen LogP contribution in [0.25, 0.3) is 0 Å². The Morgan fingerprint density at radius 3 is 2.35 bits per heavy atom. The van der Waals surface area contributed by atoms with Gasteiger partial charge in [0.1, 0.15) is 0 Å². The van der Waals surface area contributed by atoms with Crippen LogP contribution in [0, 0.1) is 12.8 Å². The average molecular weight is 316 g/mol. The largest absolute Gasteiger partial charge is 0.369 e. The number of imide groups is 1. The van der Waals surface area contributed by atoms with E-state index in [4.69, 9.17) is 5.73 Å². The molecule has 122 valence electrons. The van der Waals surface area contributed by atoms with Gasteiger partial charge in [-0.1, -0.05) is 17.7 Å². The number of amides is 3. The Balaban J connectivity index is 1.72. The molecule has 0 aromatic heterocycles. The molecule has 0 unspecified atom stereocenters. The molecule has 0 saturated carbocycles. The molecule has 0 aliphatic carbocycles. The van der Waals surface area contributed by atoms with Crippen molar-refractivity contribution < 1.29 is 19.3 Å². The summed E-state index contributed by atoms with van der Waals surface area (Å²) < 4.78 is 0. The molecule has 6 nitrogen and oxygen atoms in total. The summed E-state index contributed by atoms with van der Waals surface area (Å²) in [5.41, 5.74) is 7.07. The monoisotopic (exact) mass is 316 g/mol. The molecule has 2 aliphatic rings. The summed E-state index contributed by atoms with van der Waals surface area (Å²) in [6.45, 7) is 3.38. The van der Waals surface area contributed by atoms with Crippen LogP contribution in [0.4, 0.5) is 5.69 Å². The van der Waals surface area contributed by atoms with Gasteiger partial charge in [0.25, 0.3) is 5.91 Å². The molecule has 2 heterocycles. The first kappa shape index (κ1) is 15.7. The molecule has 0 radical (unpaired) electrons. The van der Waals surface area contributed by atoms with E-state index in [-0.39, 0.29) is 36.1 Å². The molecule has 2 fully saturated rings. The van der Waals surface area contributed by atoms with Crippen molar-refractivity contribution >= 4 is 23.4 Å². The highest BCUT2D eigenvalue weighted by molar-refractivity contribution is 6.21. The molecular weight excluding hydrogens is 294 g/mol. The number of piperidine rings is 1. The van der Waals surface area contributed by atoms with Gasteiger partial charge in [0.15, 0.2) is 6.04 Å². The van der Waals surface area contributed by atoms with Crippen molar-refractivity contribution in [2.24, 2.45) is 11.7 Å². The average Bonchev–Trinajstić information content (AvgIpc) is 2.83. The summed E-state index contributed by atoms with van der Waals surface area (Å²) in [6.07, 6.45) is 1.61. The maximum absolute atomic E-state index is 12.7. The minimum absolute atomic E-state index is 0.0980. The van der Waals surface area contributed by atoms with Gasteiger partial charge in [0, 0.05) is 18.8 Å². The summed E-state index contributed by atoms with van der Waals surface area (Å²) in [5.74, 6) is -0.641. The van der Waals surface area contributed by atoms with Gasteiger partial charge in [-0.05, 0) is 19.1 Å². The van der Waals surface area contributed by atoms with Crippen LogP contribution >= 0.6 is 0 Å². The minimum atomic E-state index is -0.336. The summed E-state index contributed by atoms with van der Waals surface area (Å²) in [5, 5.41) is 0. The number of carbonyl (C=O) groups is 3. The zero-order valence-electron chi connectivity index (χ0n) is 13.2. The third-order valence-electron chi connectivity index (χ3n) is 4.96. The maximum atomic E-state index is 12.7. The Bertz CT molecular complexity index is 633. The normalized spacial score (nSPS) is 28.2. The number of quaternary nitrogens is 1. The van der Waals surface area contributed by atoms with Crippen LogP contribution in [-0.2, 0) is 14.4 Å². The molecule has 2 saturated heterocycles. The third kappa shape index (κ3) is 2.99. The summed E-state index contributed by atoms with van der Waals surface area (Å²) >= 11 is 0. The molecule has 6 heteroatoms. The van der Waals surface area contributed by atoms with E-state index in [9.17, 15) is 14.4 Å². The van der Waals surface area contributed by atoms with Crippen LogP contribution in [0.15, 0.2) is 24.3 Å². The lowest BCUT2D eigenvalue weighted by Gasteiger charge is -2.30. The van der Waals surface area contributed by atoms with E-state index in [1.807, 2.05) is 31.2 Å². The molecule has 1 atom stereocenters. The van der Waals surface area contributed by atoms with Gasteiger partial charge < -0.3 is 10.6 Å². The van der Waals surface area contributed by atoms with Crippen molar-refractivity contribution in [3.63, 3.8) is 0 Å². The number of benzene rings is 1. The van der Waals surface area contributed by atoms with Crippen LogP contribution in [-0.4, -0.2) is 36.9 Å². The van der Waals surface area contributed by atoms with Crippen LogP contribution in [0.2, 0.25) is 0 Å². The fourth-order valence-electron chi connectivity index (χ4n) is 3.54. The van der Waals surface area contributed by atoms with Gasteiger partial charge in [-0.2, -0.15) is 0 Å². The molecule has 3 amide bonds. The Kier molecular flexibility index (Phi) is 4.17. The molecule has 23 heavy (non-hydrogen) atoms. The van der Waals surface area contributed by atoms with Gasteiger partial charge in [-0.3, -0.25) is 14.4 Å². The van der Waals surface area contributed by atoms with Crippen molar-refractivity contribution in [2.45, 2.75) is 32.2 Å². The van der Waals surface area contributed by atoms with E-state index in [1.165, 1.54) is 4.90 Å². The number of primary amides is 1. The maximum Gasteiger partial charge on any atom is 0.292 e. The summed E-state index contributed by atoms with van der Waals surface area (Å²) in [7, 11) is 0. The van der Waals surface area contributed by atoms with Crippen LogP contribution in [0.3, 0.4) is 0 Å². The van der Waals surface area contributed by atoms with Crippen molar-refractivity contribution in [3.8, 4) is 0 Å². The highest BCUT2D eigenvalue weighted by Crippen LogP contribution is 2.22. The van der Waals surface area contributed by atoms with E-state index < -0.39 is 0 Å². The minimum Gasteiger partial charge on any atom is -0.369 e. The number of nitrogens with one attached hydrogen (secondary N) is 1. The molecule has 2 aliphatic heterocycles. The predicted molar refractivity (Wildman–Crippen MR) is 84.7 cm³/mol. The third-order valence-corrected chi connectivity index (χ3v) is 4.96. The first-order valence-electron chi connectivity index (χ1n) is 8.04. The summed E-state index contributed by atoms with van der Waals surface area (Å²) in [4.78, 5) is 38.7. The van der Waals surface area contributed by atoms with Crippen LogP contribution < -0.4 is 15.5 Å². The smallest absolute Gasteiger partial charge is 0.292 e. The Morgan fingerprint density at radius 1 is 1.17 bits per heavy atom. The number of nitrogens with two attached hydrogens (primary N) is 1. The number of hydrogen-bond donors (Lipinski definition) is 2.